The van der Waals surface area contributed by atoms with E-state index in [4.69, 9.17) is 4.74 Å². The molecular formula is C17H22N2O5. The van der Waals surface area contributed by atoms with Crippen molar-refractivity contribution in [1.29, 1.82) is 0 Å². The SMILES string of the molecule is COC(=O)CCC(=O)Nc1cccc(C(=O)N2CCOC(C)C2)c1. The molecule has 1 unspecified atom stereocenters. The number of nitrogens with zero attached hydrogens (tertiary/aromatic N) is 1. The largest absolute Gasteiger partial charge is 0.469 e. The van der Waals surface area contributed by atoms with Crippen molar-refractivity contribution in [2.24, 2.45) is 0 Å². The molecule has 0 bridgehead atoms. The van der Waals surface area contributed by atoms with E-state index in [9.17, 15) is 14.4 Å². The summed E-state index contributed by atoms with van der Waals surface area (Å²) in [5, 5.41) is 2.69. The van der Waals surface area contributed by atoms with E-state index < -0.39 is 5.97 Å². The molecule has 1 aromatic carbocycles. The molecule has 1 atom stereocenters. The number of methoxy groups -OCH3 is 1. The van der Waals surface area contributed by atoms with Crippen LogP contribution in [-0.4, -0.2) is 55.6 Å². The van der Waals surface area contributed by atoms with Crippen molar-refractivity contribution >= 4 is 23.5 Å². The highest BCUT2D eigenvalue weighted by atomic mass is 16.5. The fourth-order valence-corrected chi connectivity index (χ4v) is 2.46. The first-order chi connectivity index (χ1) is 11.5. The van der Waals surface area contributed by atoms with Crippen LogP contribution in [0, 0.1) is 0 Å². The smallest absolute Gasteiger partial charge is 0.306 e. The molecule has 24 heavy (non-hydrogen) atoms. The number of esters is 1. The number of rotatable bonds is 5. The first-order valence-electron chi connectivity index (χ1n) is 7.87. The molecule has 1 N–H and O–H groups in total. The Labute approximate surface area is 140 Å². The number of hydrogen-bond donors (Lipinski definition) is 1. The van der Waals surface area contributed by atoms with E-state index in [2.05, 4.69) is 10.1 Å². The molecule has 1 aliphatic heterocycles. The van der Waals surface area contributed by atoms with Gasteiger partial charge in [-0.1, -0.05) is 6.07 Å². The lowest BCUT2D eigenvalue weighted by molar-refractivity contribution is -0.141. The van der Waals surface area contributed by atoms with Crippen molar-refractivity contribution in [2.45, 2.75) is 25.9 Å². The van der Waals surface area contributed by atoms with Gasteiger partial charge < -0.3 is 19.7 Å². The fourth-order valence-electron chi connectivity index (χ4n) is 2.46. The summed E-state index contributed by atoms with van der Waals surface area (Å²) in [5.41, 5.74) is 1.03. The van der Waals surface area contributed by atoms with E-state index in [0.29, 0.717) is 30.9 Å². The molecule has 0 aromatic heterocycles. The van der Waals surface area contributed by atoms with E-state index in [1.165, 1.54) is 7.11 Å². The number of nitrogens with one attached hydrogen (secondary N) is 1. The third-order valence-electron chi connectivity index (χ3n) is 3.71. The van der Waals surface area contributed by atoms with Gasteiger partial charge in [0, 0.05) is 30.8 Å². The van der Waals surface area contributed by atoms with Crippen LogP contribution in [0.2, 0.25) is 0 Å². The highest BCUT2D eigenvalue weighted by Crippen LogP contribution is 2.15. The van der Waals surface area contributed by atoms with Gasteiger partial charge in [-0.15, -0.1) is 0 Å². The first-order valence-corrected chi connectivity index (χ1v) is 7.87. The number of morpholine rings is 1. The summed E-state index contributed by atoms with van der Waals surface area (Å²) in [5.74, 6) is -0.823. The Hall–Kier alpha value is -2.41. The van der Waals surface area contributed by atoms with Gasteiger partial charge in [-0.25, -0.2) is 0 Å². The second-order valence-electron chi connectivity index (χ2n) is 5.64. The molecule has 130 valence electrons. The van der Waals surface area contributed by atoms with Gasteiger partial charge in [-0.3, -0.25) is 14.4 Å². The van der Waals surface area contributed by atoms with Crippen molar-refractivity contribution < 1.29 is 23.9 Å². The van der Waals surface area contributed by atoms with Crippen LogP contribution in [0.15, 0.2) is 24.3 Å². The van der Waals surface area contributed by atoms with Crippen molar-refractivity contribution in [3.05, 3.63) is 29.8 Å². The highest BCUT2D eigenvalue weighted by molar-refractivity contribution is 5.97. The average Bonchev–Trinajstić information content (AvgIpc) is 2.59. The van der Waals surface area contributed by atoms with Crippen LogP contribution in [0.25, 0.3) is 0 Å². The zero-order valence-electron chi connectivity index (χ0n) is 13.9. The summed E-state index contributed by atoms with van der Waals surface area (Å²) < 4.78 is 9.94. The number of ether oxygens (including phenoxy) is 2. The zero-order valence-corrected chi connectivity index (χ0v) is 13.9. The van der Waals surface area contributed by atoms with Crippen LogP contribution in [-0.2, 0) is 19.1 Å². The number of carbonyl (C=O) groups excluding carboxylic acids is 3. The second-order valence-corrected chi connectivity index (χ2v) is 5.64. The van der Waals surface area contributed by atoms with E-state index in [1.54, 1.807) is 29.2 Å². The summed E-state index contributed by atoms with van der Waals surface area (Å²) in [6, 6.07) is 6.77. The van der Waals surface area contributed by atoms with Crippen LogP contribution in [0.3, 0.4) is 0 Å². The third-order valence-corrected chi connectivity index (χ3v) is 3.71. The Morgan fingerprint density at radius 2 is 2.12 bits per heavy atom. The zero-order chi connectivity index (χ0) is 17.5. The molecule has 1 aliphatic rings. The standard InChI is InChI=1S/C17H22N2O5/c1-12-11-19(8-9-24-12)17(22)13-4-3-5-14(10-13)18-15(20)6-7-16(21)23-2/h3-5,10,12H,6-9,11H2,1-2H3,(H,18,20). The van der Waals surface area contributed by atoms with Crippen LogP contribution in [0.1, 0.15) is 30.1 Å². The molecule has 0 aliphatic carbocycles. The maximum Gasteiger partial charge on any atom is 0.306 e. The Morgan fingerprint density at radius 3 is 2.83 bits per heavy atom. The number of anilines is 1. The molecule has 2 amide bonds. The van der Waals surface area contributed by atoms with Crippen LogP contribution >= 0.6 is 0 Å². The first kappa shape index (κ1) is 17.9. The Balaban J connectivity index is 1.96. The molecule has 7 heteroatoms. The average molecular weight is 334 g/mol. The van der Waals surface area contributed by atoms with Gasteiger partial charge in [-0.2, -0.15) is 0 Å². The minimum Gasteiger partial charge on any atom is -0.469 e. The molecule has 2 rings (SSSR count). The predicted octanol–water partition coefficient (Wildman–Crippen LogP) is 1.44. The number of carbonyl (C=O) groups is 3. The van der Waals surface area contributed by atoms with E-state index in [1.807, 2.05) is 6.92 Å². The number of amides is 2. The molecule has 1 heterocycles. The van der Waals surface area contributed by atoms with Gasteiger partial charge in [0.05, 0.1) is 26.2 Å². The summed E-state index contributed by atoms with van der Waals surface area (Å²) in [6.45, 7) is 3.56. The Bertz CT molecular complexity index is 617. The minimum absolute atomic E-state index is 0.0175. The van der Waals surface area contributed by atoms with Crippen molar-refractivity contribution in [3.8, 4) is 0 Å². The van der Waals surface area contributed by atoms with E-state index >= 15 is 0 Å². The normalized spacial score (nSPS) is 17.2. The Morgan fingerprint density at radius 1 is 1.33 bits per heavy atom. The number of benzene rings is 1. The van der Waals surface area contributed by atoms with E-state index in [-0.39, 0.29) is 30.8 Å². The lowest BCUT2D eigenvalue weighted by Gasteiger charge is -2.31. The molecule has 0 saturated carbocycles. The molecule has 1 aromatic rings. The number of hydrogen-bond acceptors (Lipinski definition) is 5. The fraction of sp³-hybridized carbons (Fsp3) is 0.471. The van der Waals surface area contributed by atoms with Crippen molar-refractivity contribution in [2.75, 3.05) is 32.1 Å². The highest BCUT2D eigenvalue weighted by Gasteiger charge is 2.22. The third kappa shape index (κ3) is 5.06. The molecule has 0 spiro atoms. The predicted molar refractivity (Wildman–Crippen MR) is 87.6 cm³/mol. The topological polar surface area (TPSA) is 84.9 Å². The summed E-state index contributed by atoms with van der Waals surface area (Å²) in [6.07, 6.45) is 0.0715. The quantitative estimate of drug-likeness (QED) is 0.824. The summed E-state index contributed by atoms with van der Waals surface area (Å²) >= 11 is 0. The molecule has 1 fully saturated rings. The van der Waals surface area contributed by atoms with Crippen LogP contribution in [0.5, 0.6) is 0 Å². The monoisotopic (exact) mass is 334 g/mol. The Kier molecular flexibility index (Phi) is 6.31. The maximum absolute atomic E-state index is 12.5. The maximum atomic E-state index is 12.5. The van der Waals surface area contributed by atoms with Gasteiger partial charge in [0.25, 0.3) is 5.91 Å². The lowest BCUT2D eigenvalue weighted by atomic mass is 10.1. The minimum atomic E-state index is -0.435. The van der Waals surface area contributed by atoms with E-state index in [0.717, 1.165) is 0 Å². The molecule has 7 nitrogen and oxygen atoms in total. The molecule has 1 saturated heterocycles. The van der Waals surface area contributed by atoms with Gasteiger partial charge in [0.1, 0.15) is 0 Å². The molecule has 0 radical (unpaired) electrons. The van der Waals surface area contributed by atoms with Crippen LogP contribution in [0.4, 0.5) is 5.69 Å². The van der Waals surface area contributed by atoms with Gasteiger partial charge >= 0.3 is 5.97 Å². The second kappa shape index (κ2) is 8.44. The van der Waals surface area contributed by atoms with Crippen molar-refractivity contribution in [1.82, 2.24) is 4.90 Å². The van der Waals surface area contributed by atoms with Gasteiger partial charge in [-0.05, 0) is 25.1 Å². The van der Waals surface area contributed by atoms with Gasteiger partial charge in [0.15, 0.2) is 0 Å². The van der Waals surface area contributed by atoms with Crippen LogP contribution < -0.4 is 5.32 Å². The van der Waals surface area contributed by atoms with Gasteiger partial charge in [0.2, 0.25) is 5.91 Å². The molecular weight excluding hydrogens is 312 g/mol. The summed E-state index contributed by atoms with van der Waals surface area (Å²) in [4.78, 5) is 37.2. The summed E-state index contributed by atoms with van der Waals surface area (Å²) in [7, 11) is 1.28. The lowest BCUT2D eigenvalue weighted by Crippen LogP contribution is -2.44. The van der Waals surface area contributed by atoms with Crippen molar-refractivity contribution in [3.63, 3.8) is 0 Å².